The lowest BCUT2D eigenvalue weighted by Gasteiger charge is -2.08. The highest BCUT2D eigenvalue weighted by Gasteiger charge is 2.06. The molecule has 0 saturated heterocycles. The smallest absolute Gasteiger partial charge is 0.148 e. The minimum Gasteiger partial charge on any atom is -0.489 e. The van der Waals surface area contributed by atoms with Crippen molar-refractivity contribution in [2.75, 3.05) is 5.43 Å². The fourth-order valence-electron chi connectivity index (χ4n) is 2.17. The molecule has 0 aliphatic carbocycles. The third kappa shape index (κ3) is 4.81. The maximum Gasteiger partial charge on any atom is 0.148 e. The van der Waals surface area contributed by atoms with E-state index >= 15 is 0 Å². The van der Waals surface area contributed by atoms with E-state index in [0.717, 1.165) is 11.3 Å². The predicted molar refractivity (Wildman–Crippen MR) is 99.8 cm³/mol. The molecule has 0 heterocycles. The van der Waals surface area contributed by atoms with E-state index in [2.05, 4.69) is 10.5 Å². The van der Waals surface area contributed by atoms with Gasteiger partial charge in [-0.15, -0.1) is 0 Å². The Kier molecular flexibility index (Phi) is 5.65. The van der Waals surface area contributed by atoms with Crippen LogP contribution in [-0.2, 0) is 6.61 Å². The second kappa shape index (κ2) is 8.31. The summed E-state index contributed by atoms with van der Waals surface area (Å²) in [6, 6.07) is 21.9. The number of hydrogen-bond acceptors (Lipinski definition) is 3. The van der Waals surface area contributed by atoms with Crippen LogP contribution in [0.2, 0.25) is 5.02 Å². The second-order valence-corrected chi connectivity index (χ2v) is 5.71. The van der Waals surface area contributed by atoms with Crippen LogP contribution in [0.5, 0.6) is 5.75 Å². The maximum absolute atomic E-state index is 13.8. The van der Waals surface area contributed by atoms with E-state index in [1.54, 1.807) is 18.3 Å². The van der Waals surface area contributed by atoms with Crippen LogP contribution in [0.15, 0.2) is 77.9 Å². The lowest BCUT2D eigenvalue weighted by Crippen LogP contribution is -1.99. The second-order valence-electron chi connectivity index (χ2n) is 5.31. The zero-order chi connectivity index (χ0) is 17.5. The molecule has 0 aliphatic rings. The molecular formula is C20H16ClFN2O. The molecule has 1 N–H and O–H groups in total. The molecule has 126 valence electrons. The van der Waals surface area contributed by atoms with Crippen molar-refractivity contribution in [1.29, 1.82) is 0 Å². The fraction of sp³-hybridized carbons (Fsp3) is 0.0500. The lowest BCUT2D eigenvalue weighted by atomic mass is 10.2. The zero-order valence-electron chi connectivity index (χ0n) is 13.3. The number of benzene rings is 3. The van der Waals surface area contributed by atoms with E-state index in [-0.39, 0.29) is 11.6 Å². The van der Waals surface area contributed by atoms with Gasteiger partial charge in [0, 0.05) is 5.56 Å². The quantitative estimate of drug-likeness (QED) is 0.468. The van der Waals surface area contributed by atoms with Crippen LogP contribution < -0.4 is 10.2 Å². The highest BCUT2D eigenvalue weighted by Crippen LogP contribution is 2.20. The summed E-state index contributed by atoms with van der Waals surface area (Å²) < 4.78 is 19.4. The van der Waals surface area contributed by atoms with Crippen LogP contribution in [0.25, 0.3) is 0 Å². The lowest BCUT2D eigenvalue weighted by molar-refractivity contribution is 0.300. The monoisotopic (exact) mass is 354 g/mol. The minimum atomic E-state index is -0.445. The average Bonchev–Trinajstić information content (AvgIpc) is 2.65. The molecule has 0 aliphatic heterocycles. The molecule has 0 bridgehead atoms. The minimum absolute atomic E-state index is 0.0959. The van der Waals surface area contributed by atoms with Crippen molar-refractivity contribution in [2.45, 2.75) is 6.61 Å². The largest absolute Gasteiger partial charge is 0.489 e. The molecule has 0 unspecified atom stereocenters. The fourth-order valence-corrected chi connectivity index (χ4v) is 2.36. The Hall–Kier alpha value is -2.85. The third-order valence-electron chi connectivity index (χ3n) is 3.49. The van der Waals surface area contributed by atoms with Gasteiger partial charge in [0.25, 0.3) is 0 Å². The first kappa shape index (κ1) is 17.0. The van der Waals surface area contributed by atoms with Crippen LogP contribution in [0.4, 0.5) is 10.1 Å². The number of hydrogen-bond donors (Lipinski definition) is 1. The number of para-hydroxylation sites is 1. The number of halogens is 2. The summed E-state index contributed by atoms with van der Waals surface area (Å²) in [4.78, 5) is 0. The Labute approximate surface area is 150 Å². The molecule has 0 atom stereocenters. The van der Waals surface area contributed by atoms with Gasteiger partial charge in [-0.3, -0.25) is 5.43 Å². The summed E-state index contributed by atoms with van der Waals surface area (Å²) in [5.41, 5.74) is 5.21. The highest BCUT2D eigenvalue weighted by atomic mass is 35.5. The van der Waals surface area contributed by atoms with Crippen molar-refractivity contribution in [3.05, 3.63) is 94.8 Å². The van der Waals surface area contributed by atoms with Crippen molar-refractivity contribution in [1.82, 2.24) is 0 Å². The van der Waals surface area contributed by atoms with Crippen LogP contribution in [0.3, 0.4) is 0 Å². The standard InChI is InChI=1S/C20H16ClFN2O/c21-19-8-4-5-16(20(19)22)14-25-18-11-9-15(10-12-18)13-23-24-17-6-2-1-3-7-17/h1-13,24H,14H2. The number of nitrogens with one attached hydrogen (secondary N) is 1. The van der Waals surface area contributed by atoms with E-state index in [4.69, 9.17) is 16.3 Å². The van der Waals surface area contributed by atoms with Crippen LogP contribution in [0, 0.1) is 5.82 Å². The molecule has 5 heteroatoms. The van der Waals surface area contributed by atoms with Gasteiger partial charge in [0.15, 0.2) is 0 Å². The number of anilines is 1. The summed E-state index contributed by atoms with van der Waals surface area (Å²) in [7, 11) is 0. The molecule has 0 amide bonds. The van der Waals surface area contributed by atoms with E-state index in [1.807, 2.05) is 54.6 Å². The van der Waals surface area contributed by atoms with E-state index < -0.39 is 5.82 Å². The SMILES string of the molecule is Fc1c(Cl)cccc1COc1ccc(C=NNc2ccccc2)cc1. The number of rotatable bonds is 6. The Morgan fingerprint density at radius 1 is 0.960 bits per heavy atom. The zero-order valence-corrected chi connectivity index (χ0v) is 14.1. The molecule has 3 aromatic rings. The van der Waals surface area contributed by atoms with Crippen molar-refractivity contribution in [3.63, 3.8) is 0 Å². The molecule has 0 spiro atoms. The number of nitrogens with zero attached hydrogens (tertiary/aromatic N) is 1. The van der Waals surface area contributed by atoms with E-state index in [0.29, 0.717) is 11.3 Å². The molecule has 3 nitrogen and oxygen atoms in total. The Morgan fingerprint density at radius 3 is 2.48 bits per heavy atom. The van der Waals surface area contributed by atoms with Crippen molar-refractivity contribution < 1.29 is 9.13 Å². The number of hydrazone groups is 1. The maximum atomic E-state index is 13.8. The Morgan fingerprint density at radius 2 is 1.72 bits per heavy atom. The topological polar surface area (TPSA) is 33.6 Å². The summed E-state index contributed by atoms with van der Waals surface area (Å²) in [6.45, 7) is 0.120. The summed E-state index contributed by atoms with van der Waals surface area (Å²) >= 11 is 5.76. The van der Waals surface area contributed by atoms with Gasteiger partial charge in [0.05, 0.1) is 16.9 Å². The summed E-state index contributed by atoms with van der Waals surface area (Å²) in [5.74, 6) is 0.201. The highest BCUT2D eigenvalue weighted by molar-refractivity contribution is 6.30. The first-order chi connectivity index (χ1) is 12.2. The Balaban J connectivity index is 1.56. The normalized spacial score (nSPS) is 10.8. The van der Waals surface area contributed by atoms with Gasteiger partial charge < -0.3 is 4.74 Å². The van der Waals surface area contributed by atoms with Crippen LogP contribution in [0.1, 0.15) is 11.1 Å². The van der Waals surface area contributed by atoms with Crippen molar-refractivity contribution >= 4 is 23.5 Å². The van der Waals surface area contributed by atoms with E-state index in [1.165, 1.54) is 6.07 Å². The molecular weight excluding hydrogens is 339 g/mol. The van der Waals surface area contributed by atoms with Gasteiger partial charge in [-0.05, 0) is 48.0 Å². The van der Waals surface area contributed by atoms with Gasteiger partial charge in [0.1, 0.15) is 18.2 Å². The first-order valence-electron chi connectivity index (χ1n) is 7.72. The Bertz CT molecular complexity index is 851. The van der Waals surface area contributed by atoms with E-state index in [9.17, 15) is 4.39 Å². The molecule has 3 aromatic carbocycles. The van der Waals surface area contributed by atoms with Crippen LogP contribution >= 0.6 is 11.6 Å². The molecule has 3 rings (SSSR count). The number of ether oxygens (including phenoxy) is 1. The van der Waals surface area contributed by atoms with Gasteiger partial charge in [-0.25, -0.2) is 4.39 Å². The average molecular weight is 355 g/mol. The van der Waals surface area contributed by atoms with Crippen LogP contribution in [-0.4, -0.2) is 6.21 Å². The molecule has 0 saturated carbocycles. The molecule has 0 fully saturated rings. The summed E-state index contributed by atoms with van der Waals surface area (Å²) in [6.07, 6.45) is 1.72. The predicted octanol–water partition coefficient (Wildman–Crippen LogP) is 5.50. The van der Waals surface area contributed by atoms with Gasteiger partial charge in [0.2, 0.25) is 0 Å². The molecule has 25 heavy (non-hydrogen) atoms. The van der Waals surface area contributed by atoms with Gasteiger partial charge >= 0.3 is 0 Å². The molecule has 0 aromatic heterocycles. The third-order valence-corrected chi connectivity index (χ3v) is 3.78. The van der Waals surface area contributed by atoms with Gasteiger partial charge in [-0.2, -0.15) is 5.10 Å². The van der Waals surface area contributed by atoms with Crippen molar-refractivity contribution in [3.8, 4) is 5.75 Å². The first-order valence-corrected chi connectivity index (χ1v) is 8.10. The van der Waals surface area contributed by atoms with Gasteiger partial charge in [-0.1, -0.05) is 41.9 Å². The van der Waals surface area contributed by atoms with Crippen molar-refractivity contribution in [2.24, 2.45) is 5.10 Å². The summed E-state index contributed by atoms with van der Waals surface area (Å²) in [5, 5.41) is 4.27. The molecule has 0 radical (unpaired) electrons.